The maximum absolute atomic E-state index is 14.0. The number of benzene rings is 2. The zero-order chi connectivity index (χ0) is 25.4. The number of fused-ring (bicyclic) bond motifs is 1. The molecule has 2 aromatic carbocycles. The molecule has 0 aromatic heterocycles. The van der Waals surface area contributed by atoms with E-state index in [1.165, 1.54) is 18.2 Å². The fraction of sp³-hybridized carbons (Fsp3) is 0.560. The first-order valence-electron chi connectivity index (χ1n) is 11.7. The van der Waals surface area contributed by atoms with E-state index in [1.807, 2.05) is 0 Å². The van der Waals surface area contributed by atoms with E-state index in [0.29, 0.717) is 24.8 Å². The van der Waals surface area contributed by atoms with E-state index >= 15 is 0 Å². The summed E-state index contributed by atoms with van der Waals surface area (Å²) < 4.78 is 86.3. The largest absolute Gasteiger partial charge is 0.490 e. The minimum absolute atomic E-state index is 0.0328. The van der Waals surface area contributed by atoms with Crippen molar-refractivity contribution in [1.82, 2.24) is 5.32 Å². The molecule has 192 valence electrons. The number of carbonyl (C=O) groups is 1. The summed E-state index contributed by atoms with van der Waals surface area (Å²) in [6.45, 7) is 0.398. The van der Waals surface area contributed by atoms with Gasteiger partial charge in [-0.05, 0) is 73.4 Å². The van der Waals surface area contributed by atoms with Crippen LogP contribution in [0.5, 0.6) is 5.75 Å². The Bertz CT molecular complexity index is 1060. The minimum atomic E-state index is -4.70. The van der Waals surface area contributed by atoms with Crippen LogP contribution in [0.2, 0.25) is 0 Å². The Morgan fingerprint density at radius 1 is 0.971 bits per heavy atom. The fourth-order valence-corrected chi connectivity index (χ4v) is 5.20. The molecule has 0 heterocycles. The van der Waals surface area contributed by atoms with Gasteiger partial charge in [0.15, 0.2) is 0 Å². The zero-order valence-electron chi connectivity index (χ0n) is 18.9. The number of hydrogen-bond acceptors (Lipinski definition) is 3. The lowest BCUT2D eigenvalue weighted by atomic mass is 9.87. The van der Waals surface area contributed by atoms with Crippen LogP contribution in [0.3, 0.4) is 0 Å². The van der Waals surface area contributed by atoms with Gasteiger partial charge in [-0.1, -0.05) is 18.2 Å². The second kappa shape index (κ2) is 9.87. The van der Waals surface area contributed by atoms with Gasteiger partial charge in [0.25, 0.3) is 0 Å². The molecule has 2 fully saturated rings. The molecule has 10 heteroatoms. The summed E-state index contributed by atoms with van der Waals surface area (Å²) >= 11 is 0. The van der Waals surface area contributed by atoms with Crippen molar-refractivity contribution >= 4 is 16.7 Å². The molecule has 0 amide bonds. The third-order valence-corrected chi connectivity index (χ3v) is 7.14. The van der Waals surface area contributed by atoms with Gasteiger partial charge in [-0.15, -0.1) is 0 Å². The molecule has 2 atom stereocenters. The van der Waals surface area contributed by atoms with Gasteiger partial charge < -0.3 is 15.2 Å². The second-order valence-corrected chi connectivity index (χ2v) is 9.55. The monoisotopic (exact) mass is 503 g/mol. The summed E-state index contributed by atoms with van der Waals surface area (Å²) in [4.78, 5) is 11.1. The Morgan fingerprint density at radius 3 is 2.29 bits per heavy atom. The Kier molecular flexibility index (Phi) is 7.22. The Morgan fingerprint density at radius 2 is 1.69 bits per heavy atom. The lowest BCUT2D eigenvalue weighted by Crippen LogP contribution is -2.32. The van der Waals surface area contributed by atoms with Crippen molar-refractivity contribution < 1.29 is 41.0 Å². The molecule has 2 N–H and O–H groups in total. The summed E-state index contributed by atoms with van der Waals surface area (Å²) in [6, 6.07) is 7.44. The van der Waals surface area contributed by atoms with E-state index in [1.54, 1.807) is 12.1 Å². The molecule has 0 radical (unpaired) electrons. The van der Waals surface area contributed by atoms with E-state index in [9.17, 15) is 31.1 Å². The van der Waals surface area contributed by atoms with E-state index in [0.717, 1.165) is 12.0 Å². The average molecular weight is 503 g/mol. The lowest BCUT2D eigenvalue weighted by Gasteiger charge is -2.31. The van der Waals surface area contributed by atoms with Gasteiger partial charge in [0.2, 0.25) is 0 Å². The van der Waals surface area contributed by atoms with Crippen molar-refractivity contribution in [1.29, 1.82) is 0 Å². The second-order valence-electron chi connectivity index (χ2n) is 9.55. The van der Waals surface area contributed by atoms with Crippen molar-refractivity contribution in [2.75, 3.05) is 0 Å². The standard InChI is InChI=1S/C25H27F6NO3/c26-24(27,28)17-4-7-19(8-5-17)35-21-10-3-15-11-14(1-9-20(15)22(21)25(29,30)31)13-32-18-6-2-16(12-18)23(33)34/h1,3,9-11,16-19,32H,2,4-8,12-13H2,(H,33,34)/t16-,17-,18+,19+/m0/s1. The normalized spacial score (nSPS) is 25.7. The molecule has 0 bridgehead atoms. The number of hydrogen-bond donors (Lipinski definition) is 2. The van der Waals surface area contributed by atoms with Crippen molar-refractivity contribution in [3.63, 3.8) is 0 Å². The van der Waals surface area contributed by atoms with Gasteiger partial charge in [0.1, 0.15) is 11.3 Å². The summed E-state index contributed by atoms with van der Waals surface area (Å²) in [5.74, 6) is -2.99. The van der Waals surface area contributed by atoms with Gasteiger partial charge in [-0.3, -0.25) is 4.79 Å². The first-order valence-corrected chi connectivity index (χ1v) is 11.7. The third-order valence-electron chi connectivity index (χ3n) is 7.14. The maximum Gasteiger partial charge on any atom is 0.420 e. The number of alkyl halides is 6. The number of halogens is 6. The SMILES string of the molecule is O=C(O)[C@H]1CC[C@@H](NCc2ccc3c(C(F)(F)F)c(O[C@H]4CC[C@@H](C(F)(F)F)CC4)ccc3c2)C1. The van der Waals surface area contributed by atoms with Gasteiger partial charge in [-0.2, -0.15) is 26.3 Å². The Balaban J connectivity index is 1.48. The molecule has 0 aliphatic heterocycles. The molecule has 2 aromatic rings. The van der Waals surface area contributed by atoms with Crippen LogP contribution in [0, 0.1) is 11.8 Å². The van der Waals surface area contributed by atoms with E-state index < -0.39 is 35.9 Å². The van der Waals surface area contributed by atoms with Crippen LogP contribution >= 0.6 is 0 Å². The predicted molar refractivity (Wildman–Crippen MR) is 117 cm³/mol. The quantitative estimate of drug-likeness (QED) is 0.431. The summed E-state index contributed by atoms with van der Waals surface area (Å²) in [6.07, 6.45) is -8.07. The molecular weight excluding hydrogens is 476 g/mol. The highest BCUT2D eigenvalue weighted by Gasteiger charge is 2.42. The van der Waals surface area contributed by atoms with Crippen LogP contribution in [0.1, 0.15) is 56.1 Å². The number of nitrogens with one attached hydrogen (secondary N) is 1. The van der Waals surface area contributed by atoms with Crippen LogP contribution < -0.4 is 10.1 Å². The van der Waals surface area contributed by atoms with Crippen molar-refractivity contribution in [3.8, 4) is 5.75 Å². The Labute approximate surface area is 198 Å². The van der Waals surface area contributed by atoms with Crippen molar-refractivity contribution in [3.05, 3.63) is 41.5 Å². The molecule has 4 rings (SSSR count). The summed E-state index contributed by atoms with van der Waals surface area (Å²) in [5.41, 5.74) is -0.156. The van der Waals surface area contributed by atoms with Gasteiger partial charge >= 0.3 is 18.3 Å². The van der Waals surface area contributed by atoms with Crippen LogP contribution in [0.15, 0.2) is 30.3 Å². The highest BCUT2D eigenvalue weighted by Crippen LogP contribution is 2.44. The van der Waals surface area contributed by atoms with Crippen molar-refractivity contribution in [2.45, 2.75) is 76.0 Å². The number of rotatable bonds is 6. The number of aliphatic carboxylic acids is 1. The minimum Gasteiger partial charge on any atom is -0.490 e. The first kappa shape index (κ1) is 25.6. The van der Waals surface area contributed by atoms with Crippen LogP contribution in [0.25, 0.3) is 10.8 Å². The first-order chi connectivity index (χ1) is 16.4. The van der Waals surface area contributed by atoms with Gasteiger partial charge in [-0.25, -0.2) is 0 Å². The molecule has 2 aliphatic carbocycles. The third kappa shape index (κ3) is 6.02. The molecule has 35 heavy (non-hydrogen) atoms. The smallest absolute Gasteiger partial charge is 0.420 e. The fourth-order valence-electron chi connectivity index (χ4n) is 5.20. The molecule has 4 nitrogen and oxygen atoms in total. The molecular formula is C25H27F6NO3. The van der Waals surface area contributed by atoms with Crippen LogP contribution in [-0.4, -0.2) is 29.4 Å². The number of carboxylic acids is 1. The molecule has 2 saturated carbocycles. The number of carboxylic acid groups (broad SMARTS) is 1. The predicted octanol–water partition coefficient (Wildman–Crippen LogP) is 6.70. The Hall–Kier alpha value is -2.49. The average Bonchev–Trinajstić information content (AvgIpc) is 3.26. The number of ether oxygens (including phenoxy) is 1. The molecule has 0 unspecified atom stereocenters. The molecule has 0 spiro atoms. The molecule has 2 aliphatic rings. The zero-order valence-corrected chi connectivity index (χ0v) is 18.9. The van der Waals surface area contributed by atoms with Gasteiger partial charge in [0, 0.05) is 12.6 Å². The topological polar surface area (TPSA) is 58.6 Å². The maximum atomic E-state index is 14.0. The lowest BCUT2D eigenvalue weighted by molar-refractivity contribution is -0.185. The van der Waals surface area contributed by atoms with Crippen molar-refractivity contribution in [2.24, 2.45) is 11.8 Å². The highest BCUT2D eigenvalue weighted by atomic mass is 19.4. The summed E-state index contributed by atoms with van der Waals surface area (Å²) in [5, 5.41) is 12.7. The van der Waals surface area contributed by atoms with Crippen LogP contribution in [0.4, 0.5) is 26.3 Å². The van der Waals surface area contributed by atoms with Gasteiger partial charge in [0.05, 0.1) is 17.9 Å². The molecule has 0 saturated heterocycles. The van der Waals surface area contributed by atoms with E-state index in [2.05, 4.69) is 5.32 Å². The van der Waals surface area contributed by atoms with Crippen LogP contribution in [-0.2, 0) is 17.5 Å². The van der Waals surface area contributed by atoms with E-state index in [-0.39, 0.29) is 48.8 Å². The highest BCUT2D eigenvalue weighted by molar-refractivity contribution is 5.89. The summed E-state index contributed by atoms with van der Waals surface area (Å²) in [7, 11) is 0. The van der Waals surface area contributed by atoms with E-state index in [4.69, 9.17) is 9.84 Å².